The van der Waals surface area contributed by atoms with Gasteiger partial charge in [0.15, 0.2) is 11.8 Å². The number of benzene rings is 2. The van der Waals surface area contributed by atoms with Gasteiger partial charge >= 0.3 is 0 Å². The van der Waals surface area contributed by atoms with Gasteiger partial charge in [0, 0.05) is 31.0 Å². The van der Waals surface area contributed by atoms with Crippen LogP contribution in [-0.2, 0) is 13.0 Å². The lowest BCUT2D eigenvalue weighted by Crippen LogP contribution is -2.38. The Kier molecular flexibility index (Phi) is 7.32. The number of nitrogens with one attached hydrogen (secondary N) is 3. The molecule has 0 bridgehead atoms. The third kappa shape index (κ3) is 5.97. The molecule has 0 saturated carbocycles. The Hall–Kier alpha value is -4.14. The molecule has 2 aromatic heterocycles. The lowest BCUT2D eigenvalue weighted by atomic mass is 10.1. The van der Waals surface area contributed by atoms with Crippen LogP contribution >= 0.6 is 0 Å². The number of aromatic nitrogens is 5. The number of ether oxygens (including phenoxy) is 1. The van der Waals surface area contributed by atoms with E-state index < -0.39 is 0 Å². The number of hydrogen-bond acceptors (Lipinski definition) is 5. The van der Waals surface area contributed by atoms with Crippen molar-refractivity contribution in [1.29, 1.82) is 0 Å². The maximum Gasteiger partial charge on any atom is 0.191 e. The number of rotatable bonds is 9. The number of H-pyrrole nitrogens is 1. The fraction of sp³-hybridized carbons (Fsp3) is 0.250. The SMILES string of the molecule is CCNC(=NCc1nc(-c2ccc(OC)cc2)n[nH]1)NCCc1ccc(-n2cccn2)cc1. The molecule has 0 radical (unpaired) electrons. The topological polar surface area (TPSA) is 105 Å². The van der Waals surface area contributed by atoms with E-state index in [1.807, 2.05) is 48.1 Å². The van der Waals surface area contributed by atoms with E-state index in [2.05, 4.69) is 60.2 Å². The van der Waals surface area contributed by atoms with Gasteiger partial charge in [-0.2, -0.15) is 10.2 Å². The van der Waals surface area contributed by atoms with Crippen LogP contribution in [0.5, 0.6) is 5.75 Å². The first kappa shape index (κ1) is 22.1. The van der Waals surface area contributed by atoms with E-state index in [9.17, 15) is 0 Å². The predicted octanol–water partition coefficient (Wildman–Crippen LogP) is 2.96. The maximum absolute atomic E-state index is 5.20. The van der Waals surface area contributed by atoms with Gasteiger partial charge in [-0.25, -0.2) is 14.7 Å². The summed E-state index contributed by atoms with van der Waals surface area (Å²) in [5.74, 6) is 2.88. The molecule has 3 N–H and O–H groups in total. The fourth-order valence-electron chi connectivity index (χ4n) is 3.29. The van der Waals surface area contributed by atoms with E-state index in [1.54, 1.807) is 13.3 Å². The minimum atomic E-state index is 0.400. The molecule has 4 aromatic rings. The summed E-state index contributed by atoms with van der Waals surface area (Å²) < 4.78 is 7.04. The molecule has 0 aliphatic carbocycles. The molecule has 0 aliphatic rings. The number of methoxy groups -OCH3 is 1. The first-order valence-corrected chi connectivity index (χ1v) is 10.9. The smallest absolute Gasteiger partial charge is 0.191 e. The van der Waals surface area contributed by atoms with E-state index in [-0.39, 0.29) is 0 Å². The minimum Gasteiger partial charge on any atom is -0.497 e. The summed E-state index contributed by atoms with van der Waals surface area (Å²) in [5.41, 5.74) is 3.21. The second-order valence-corrected chi connectivity index (χ2v) is 7.32. The molecular weight excluding hydrogens is 416 g/mol. The van der Waals surface area contributed by atoms with Crippen LogP contribution in [0.25, 0.3) is 17.1 Å². The average Bonchev–Trinajstić information content (AvgIpc) is 3.56. The molecule has 0 fully saturated rings. The van der Waals surface area contributed by atoms with Crippen molar-refractivity contribution in [2.24, 2.45) is 4.99 Å². The number of nitrogens with zero attached hydrogens (tertiary/aromatic N) is 5. The van der Waals surface area contributed by atoms with E-state index in [0.717, 1.165) is 42.5 Å². The van der Waals surface area contributed by atoms with Crippen molar-refractivity contribution in [2.45, 2.75) is 19.9 Å². The van der Waals surface area contributed by atoms with Gasteiger partial charge in [0.2, 0.25) is 0 Å². The fourth-order valence-corrected chi connectivity index (χ4v) is 3.29. The van der Waals surface area contributed by atoms with Gasteiger partial charge in [0.05, 0.1) is 12.8 Å². The lowest BCUT2D eigenvalue weighted by Gasteiger charge is -2.11. The highest BCUT2D eigenvalue weighted by Gasteiger charge is 2.07. The summed E-state index contributed by atoms with van der Waals surface area (Å²) in [6.45, 7) is 3.98. The Labute approximate surface area is 192 Å². The molecule has 0 amide bonds. The zero-order valence-corrected chi connectivity index (χ0v) is 18.8. The Bertz CT molecular complexity index is 1150. The quantitative estimate of drug-likeness (QED) is 0.271. The molecule has 2 heterocycles. The Balaban J connectivity index is 1.30. The third-order valence-electron chi connectivity index (χ3n) is 5.02. The zero-order chi connectivity index (χ0) is 22.9. The molecule has 9 heteroatoms. The highest BCUT2D eigenvalue weighted by atomic mass is 16.5. The summed E-state index contributed by atoms with van der Waals surface area (Å²) in [7, 11) is 1.65. The van der Waals surface area contributed by atoms with Crippen LogP contribution < -0.4 is 15.4 Å². The highest BCUT2D eigenvalue weighted by Crippen LogP contribution is 2.19. The number of aromatic amines is 1. The van der Waals surface area contributed by atoms with Crippen LogP contribution in [0, 0.1) is 0 Å². The summed E-state index contributed by atoms with van der Waals surface area (Å²) >= 11 is 0. The Morgan fingerprint density at radius 3 is 2.61 bits per heavy atom. The number of aliphatic imine (C=N–C) groups is 1. The summed E-state index contributed by atoms with van der Waals surface area (Å²) in [6.07, 6.45) is 4.59. The number of hydrogen-bond donors (Lipinski definition) is 3. The second kappa shape index (κ2) is 10.9. The predicted molar refractivity (Wildman–Crippen MR) is 128 cm³/mol. The van der Waals surface area contributed by atoms with Crippen molar-refractivity contribution in [1.82, 2.24) is 35.6 Å². The van der Waals surface area contributed by atoms with Crippen molar-refractivity contribution in [3.05, 3.63) is 78.4 Å². The molecule has 170 valence electrons. The Morgan fingerprint density at radius 1 is 1.09 bits per heavy atom. The molecule has 0 saturated heterocycles. The van der Waals surface area contributed by atoms with Crippen LogP contribution in [0.2, 0.25) is 0 Å². The van der Waals surface area contributed by atoms with Crippen molar-refractivity contribution in [3.63, 3.8) is 0 Å². The molecule has 2 aromatic carbocycles. The van der Waals surface area contributed by atoms with Gasteiger partial charge in [0.1, 0.15) is 18.1 Å². The van der Waals surface area contributed by atoms with Crippen LogP contribution in [-0.4, -0.2) is 51.1 Å². The standard InChI is InChI=1S/C24H28N8O/c1-3-25-24(26-15-13-18-5-9-20(10-6-18)32-16-4-14-28-32)27-17-22-29-23(31-30-22)19-7-11-21(33-2)12-8-19/h4-12,14,16H,3,13,15,17H2,1-2H3,(H2,25,26,27)(H,29,30,31). The van der Waals surface area contributed by atoms with Gasteiger partial charge < -0.3 is 15.4 Å². The van der Waals surface area contributed by atoms with Crippen LogP contribution in [0.4, 0.5) is 0 Å². The molecular formula is C24H28N8O. The van der Waals surface area contributed by atoms with Crippen LogP contribution in [0.3, 0.4) is 0 Å². The summed E-state index contributed by atoms with van der Waals surface area (Å²) in [6, 6.07) is 18.0. The molecule has 33 heavy (non-hydrogen) atoms. The van der Waals surface area contributed by atoms with E-state index in [0.29, 0.717) is 18.2 Å². The average molecular weight is 445 g/mol. The molecule has 0 spiro atoms. The second-order valence-electron chi connectivity index (χ2n) is 7.32. The molecule has 0 aliphatic heterocycles. The normalized spacial score (nSPS) is 11.4. The largest absolute Gasteiger partial charge is 0.497 e. The van der Waals surface area contributed by atoms with Crippen molar-refractivity contribution in [3.8, 4) is 22.8 Å². The highest BCUT2D eigenvalue weighted by molar-refractivity contribution is 5.79. The van der Waals surface area contributed by atoms with Gasteiger partial charge in [-0.15, -0.1) is 0 Å². The van der Waals surface area contributed by atoms with Gasteiger partial charge in [-0.05, 0) is 61.4 Å². The van der Waals surface area contributed by atoms with Crippen molar-refractivity contribution in [2.75, 3.05) is 20.2 Å². The van der Waals surface area contributed by atoms with Gasteiger partial charge in [0.25, 0.3) is 0 Å². The van der Waals surface area contributed by atoms with Crippen LogP contribution in [0.15, 0.2) is 72.0 Å². The van der Waals surface area contributed by atoms with Crippen molar-refractivity contribution >= 4 is 5.96 Å². The van der Waals surface area contributed by atoms with Crippen molar-refractivity contribution < 1.29 is 4.74 Å². The first-order chi connectivity index (χ1) is 16.2. The van der Waals surface area contributed by atoms with Crippen LogP contribution in [0.1, 0.15) is 18.3 Å². The maximum atomic E-state index is 5.20. The lowest BCUT2D eigenvalue weighted by molar-refractivity contribution is 0.415. The van der Waals surface area contributed by atoms with E-state index in [4.69, 9.17) is 4.74 Å². The molecule has 0 unspecified atom stereocenters. The summed E-state index contributed by atoms with van der Waals surface area (Å²) in [4.78, 5) is 9.17. The monoisotopic (exact) mass is 444 g/mol. The Morgan fingerprint density at radius 2 is 1.91 bits per heavy atom. The molecule has 0 atom stereocenters. The zero-order valence-electron chi connectivity index (χ0n) is 18.8. The third-order valence-corrected chi connectivity index (χ3v) is 5.02. The number of guanidine groups is 1. The molecule has 4 rings (SSSR count). The molecule has 9 nitrogen and oxygen atoms in total. The van der Waals surface area contributed by atoms with E-state index >= 15 is 0 Å². The minimum absolute atomic E-state index is 0.400. The first-order valence-electron chi connectivity index (χ1n) is 10.9. The summed E-state index contributed by atoms with van der Waals surface area (Å²) in [5, 5.41) is 18.2. The van der Waals surface area contributed by atoms with Gasteiger partial charge in [-0.3, -0.25) is 5.10 Å². The van der Waals surface area contributed by atoms with E-state index in [1.165, 1.54) is 5.56 Å². The van der Waals surface area contributed by atoms with Gasteiger partial charge in [-0.1, -0.05) is 12.1 Å².